The van der Waals surface area contributed by atoms with Crippen LogP contribution in [0.4, 0.5) is 0 Å². The largest absolute Gasteiger partial charge is 0.315 e. The summed E-state index contributed by atoms with van der Waals surface area (Å²) in [5.41, 5.74) is 1.12. The second kappa shape index (κ2) is 7.48. The zero-order valence-electron chi connectivity index (χ0n) is 7.72. The van der Waals surface area contributed by atoms with Gasteiger partial charge < -0.3 is 5.32 Å². The molecule has 0 saturated heterocycles. The molecule has 64 valence electrons. The highest BCUT2D eigenvalue weighted by Crippen LogP contribution is 1.88. The smallest absolute Gasteiger partial charge is 0.0334 e. The van der Waals surface area contributed by atoms with E-state index in [0.29, 0.717) is 0 Å². The molecule has 0 aromatic carbocycles. The molecule has 0 aliphatic heterocycles. The van der Waals surface area contributed by atoms with E-state index >= 15 is 0 Å². The van der Waals surface area contributed by atoms with Crippen molar-refractivity contribution in [3.63, 3.8) is 0 Å². The van der Waals surface area contributed by atoms with Gasteiger partial charge in [-0.15, -0.1) is 0 Å². The highest BCUT2D eigenvalue weighted by Gasteiger charge is 1.82. The fourth-order valence-electron chi connectivity index (χ4n) is 0.723. The first-order chi connectivity index (χ1) is 5.31. The summed E-state index contributed by atoms with van der Waals surface area (Å²) in [5, 5.41) is 3.04. The second-order valence-electron chi connectivity index (χ2n) is 2.57. The van der Waals surface area contributed by atoms with Crippen molar-refractivity contribution in [1.29, 1.82) is 0 Å². The van der Waals surface area contributed by atoms with Crippen molar-refractivity contribution in [3.8, 4) is 0 Å². The number of rotatable bonds is 5. The lowest BCUT2D eigenvalue weighted by Gasteiger charge is -1.94. The molecule has 0 amide bonds. The van der Waals surface area contributed by atoms with Crippen molar-refractivity contribution in [3.05, 3.63) is 12.3 Å². The lowest BCUT2D eigenvalue weighted by Crippen LogP contribution is -2.15. The zero-order chi connectivity index (χ0) is 8.53. The van der Waals surface area contributed by atoms with Crippen LogP contribution in [-0.4, -0.2) is 19.3 Å². The standard InChI is InChI=1S/C9H18N2/c1-4-5-6-7-11-9(2)8-10-3/h6-7,10H,4-5,8H2,1-3H3/b7-6-,11-9?. The Balaban J connectivity index is 3.53. The molecule has 0 bridgehead atoms. The number of allylic oxidation sites excluding steroid dienone is 1. The first kappa shape index (κ1) is 10.4. The first-order valence-electron chi connectivity index (χ1n) is 4.14. The Kier molecular flexibility index (Phi) is 7.05. The zero-order valence-corrected chi connectivity index (χ0v) is 7.72. The van der Waals surface area contributed by atoms with Crippen molar-refractivity contribution in [1.82, 2.24) is 5.32 Å². The Morgan fingerprint density at radius 2 is 2.27 bits per heavy atom. The molecule has 2 heteroatoms. The van der Waals surface area contributed by atoms with E-state index in [2.05, 4.69) is 23.3 Å². The summed E-state index contributed by atoms with van der Waals surface area (Å²) in [6.07, 6.45) is 6.29. The minimum Gasteiger partial charge on any atom is -0.315 e. The monoisotopic (exact) mass is 154 g/mol. The van der Waals surface area contributed by atoms with E-state index in [0.717, 1.165) is 18.7 Å². The Morgan fingerprint density at radius 3 is 2.82 bits per heavy atom. The van der Waals surface area contributed by atoms with Gasteiger partial charge in [-0.05, 0) is 20.4 Å². The van der Waals surface area contributed by atoms with Crippen LogP contribution >= 0.6 is 0 Å². The highest BCUT2D eigenvalue weighted by molar-refractivity contribution is 5.84. The van der Waals surface area contributed by atoms with Gasteiger partial charge in [0.05, 0.1) is 0 Å². The molecule has 0 saturated carbocycles. The van der Waals surface area contributed by atoms with Crippen LogP contribution in [0, 0.1) is 0 Å². The maximum atomic E-state index is 4.22. The normalized spacial score (nSPS) is 12.8. The third-order valence-corrected chi connectivity index (χ3v) is 1.29. The van der Waals surface area contributed by atoms with Gasteiger partial charge in [-0.2, -0.15) is 0 Å². The maximum Gasteiger partial charge on any atom is 0.0334 e. The Morgan fingerprint density at radius 1 is 1.55 bits per heavy atom. The number of nitrogens with one attached hydrogen (secondary N) is 1. The molecule has 0 fully saturated rings. The van der Waals surface area contributed by atoms with Crippen molar-refractivity contribution in [2.75, 3.05) is 13.6 Å². The molecule has 1 N–H and O–H groups in total. The fourth-order valence-corrected chi connectivity index (χ4v) is 0.723. The number of hydrogen-bond acceptors (Lipinski definition) is 2. The second-order valence-corrected chi connectivity index (χ2v) is 2.57. The number of aliphatic imine (C=N–C) groups is 1. The predicted octanol–water partition coefficient (Wildman–Crippen LogP) is 1.98. The summed E-state index contributed by atoms with van der Waals surface area (Å²) >= 11 is 0. The minimum atomic E-state index is 0.871. The molecule has 0 aromatic rings. The van der Waals surface area contributed by atoms with Crippen molar-refractivity contribution >= 4 is 5.71 Å². The molecule has 0 aromatic heterocycles. The van der Waals surface area contributed by atoms with Crippen LogP contribution in [0.2, 0.25) is 0 Å². The van der Waals surface area contributed by atoms with Gasteiger partial charge in [0, 0.05) is 18.5 Å². The van der Waals surface area contributed by atoms with Crippen LogP contribution in [0.1, 0.15) is 26.7 Å². The molecule has 11 heavy (non-hydrogen) atoms. The minimum absolute atomic E-state index is 0.871. The summed E-state index contributed by atoms with van der Waals surface area (Å²) < 4.78 is 0. The summed E-state index contributed by atoms with van der Waals surface area (Å²) in [5.74, 6) is 0. The third-order valence-electron chi connectivity index (χ3n) is 1.29. The average molecular weight is 154 g/mol. The van der Waals surface area contributed by atoms with Crippen LogP contribution in [0.25, 0.3) is 0 Å². The molecule has 0 unspecified atom stereocenters. The van der Waals surface area contributed by atoms with E-state index in [9.17, 15) is 0 Å². The van der Waals surface area contributed by atoms with E-state index in [1.807, 2.05) is 20.2 Å². The third kappa shape index (κ3) is 7.26. The molecular formula is C9H18N2. The van der Waals surface area contributed by atoms with Crippen LogP contribution < -0.4 is 5.32 Å². The van der Waals surface area contributed by atoms with E-state index in [4.69, 9.17) is 0 Å². The molecule has 0 heterocycles. The Hall–Kier alpha value is -0.630. The maximum absolute atomic E-state index is 4.22. The number of nitrogens with zero attached hydrogens (tertiary/aromatic N) is 1. The van der Waals surface area contributed by atoms with Gasteiger partial charge in [-0.25, -0.2) is 0 Å². The number of hydrogen-bond donors (Lipinski definition) is 1. The Bertz CT molecular complexity index is 136. The molecule has 0 radical (unpaired) electrons. The number of unbranched alkanes of at least 4 members (excludes halogenated alkanes) is 1. The van der Waals surface area contributed by atoms with Crippen LogP contribution in [0.5, 0.6) is 0 Å². The molecule has 0 atom stereocenters. The van der Waals surface area contributed by atoms with E-state index < -0.39 is 0 Å². The first-order valence-corrected chi connectivity index (χ1v) is 4.14. The lowest BCUT2D eigenvalue weighted by molar-refractivity contribution is 0.939. The van der Waals surface area contributed by atoms with Gasteiger partial charge in [-0.3, -0.25) is 4.99 Å². The van der Waals surface area contributed by atoms with Gasteiger partial charge in [0.15, 0.2) is 0 Å². The summed E-state index contributed by atoms with van der Waals surface area (Å²) in [7, 11) is 1.93. The van der Waals surface area contributed by atoms with Crippen LogP contribution in [0.3, 0.4) is 0 Å². The summed E-state index contributed by atoms with van der Waals surface area (Å²) in [6.45, 7) is 5.05. The fraction of sp³-hybridized carbons (Fsp3) is 0.667. The summed E-state index contributed by atoms with van der Waals surface area (Å²) in [4.78, 5) is 4.22. The van der Waals surface area contributed by atoms with Crippen LogP contribution in [-0.2, 0) is 0 Å². The van der Waals surface area contributed by atoms with Gasteiger partial charge in [0.1, 0.15) is 0 Å². The molecule has 0 spiro atoms. The SMILES string of the molecule is CCC/C=C\N=C(C)CNC. The van der Waals surface area contributed by atoms with Gasteiger partial charge in [0.25, 0.3) is 0 Å². The van der Waals surface area contributed by atoms with Crippen molar-refractivity contribution in [2.24, 2.45) is 4.99 Å². The topological polar surface area (TPSA) is 24.4 Å². The van der Waals surface area contributed by atoms with Gasteiger partial charge in [0.2, 0.25) is 0 Å². The molecule has 0 rings (SSSR count). The summed E-state index contributed by atoms with van der Waals surface area (Å²) in [6, 6.07) is 0. The van der Waals surface area contributed by atoms with Gasteiger partial charge >= 0.3 is 0 Å². The van der Waals surface area contributed by atoms with Crippen molar-refractivity contribution < 1.29 is 0 Å². The van der Waals surface area contributed by atoms with E-state index in [1.54, 1.807) is 0 Å². The van der Waals surface area contributed by atoms with E-state index in [1.165, 1.54) is 6.42 Å². The predicted molar refractivity (Wildman–Crippen MR) is 51.1 cm³/mol. The quantitative estimate of drug-likeness (QED) is 0.602. The average Bonchev–Trinajstić information content (AvgIpc) is 1.99. The van der Waals surface area contributed by atoms with E-state index in [-0.39, 0.29) is 0 Å². The molecular weight excluding hydrogens is 136 g/mol. The lowest BCUT2D eigenvalue weighted by atomic mass is 10.3. The molecule has 0 aliphatic carbocycles. The highest BCUT2D eigenvalue weighted by atomic mass is 14.8. The van der Waals surface area contributed by atoms with Crippen LogP contribution in [0.15, 0.2) is 17.3 Å². The molecule has 0 aliphatic rings. The molecule has 2 nitrogen and oxygen atoms in total. The van der Waals surface area contributed by atoms with Crippen molar-refractivity contribution in [2.45, 2.75) is 26.7 Å². The van der Waals surface area contributed by atoms with Gasteiger partial charge in [-0.1, -0.05) is 19.4 Å². The Labute approximate surface area is 69.4 Å².